The average molecular weight is 348 g/mol. The Hall–Kier alpha value is -2.69. The molecule has 1 aromatic carbocycles. The maximum Gasteiger partial charge on any atom is 0.254 e. The number of rotatable bonds is 2. The van der Waals surface area contributed by atoms with Gasteiger partial charge in [0.1, 0.15) is 0 Å². The minimum atomic E-state index is 0.0950. The van der Waals surface area contributed by atoms with Crippen LogP contribution in [0.1, 0.15) is 35.8 Å². The van der Waals surface area contributed by atoms with Gasteiger partial charge in [0.15, 0.2) is 5.65 Å². The zero-order chi connectivity index (χ0) is 18.3. The highest BCUT2D eigenvalue weighted by Gasteiger charge is 2.25. The van der Waals surface area contributed by atoms with Crippen LogP contribution in [0.15, 0.2) is 36.4 Å². The molecule has 5 heteroatoms. The number of fused-ring (bicyclic) bond motifs is 1. The number of piperidine rings is 1. The van der Waals surface area contributed by atoms with Crippen LogP contribution in [0, 0.1) is 12.8 Å². The van der Waals surface area contributed by atoms with Crippen molar-refractivity contribution in [3.05, 3.63) is 47.7 Å². The highest BCUT2D eigenvalue weighted by molar-refractivity contribution is 6.07. The molecule has 26 heavy (non-hydrogen) atoms. The van der Waals surface area contributed by atoms with Gasteiger partial charge >= 0.3 is 0 Å². The number of amides is 1. The van der Waals surface area contributed by atoms with Crippen LogP contribution in [0.2, 0.25) is 0 Å². The number of hydrogen-bond acceptors (Lipinski definition) is 3. The van der Waals surface area contributed by atoms with E-state index in [1.807, 2.05) is 55.3 Å². The normalized spacial score (nSPS) is 15.6. The number of carbonyl (C=O) groups is 1. The first-order chi connectivity index (χ1) is 12.5. The van der Waals surface area contributed by atoms with E-state index in [9.17, 15) is 4.79 Å². The molecule has 0 saturated carbocycles. The van der Waals surface area contributed by atoms with Gasteiger partial charge in [-0.15, -0.1) is 0 Å². The summed E-state index contributed by atoms with van der Waals surface area (Å²) in [6.07, 6.45) is 2.13. The standard InChI is InChI=1S/C21H24N4O/c1-14-9-11-25(12-10-14)21(26)17-13-18(16-7-5-4-6-8-16)22-20-19(17)15(2)23-24(20)3/h4-8,13-14H,9-12H2,1-3H3. The minimum Gasteiger partial charge on any atom is -0.339 e. The van der Waals surface area contributed by atoms with Gasteiger partial charge in [0.25, 0.3) is 5.91 Å². The third-order valence-corrected chi connectivity index (χ3v) is 5.34. The van der Waals surface area contributed by atoms with Gasteiger partial charge in [-0.05, 0) is 31.7 Å². The first kappa shape index (κ1) is 16.8. The fraction of sp³-hybridized carbons (Fsp3) is 0.381. The Bertz CT molecular complexity index is 953. The molecule has 1 fully saturated rings. The summed E-state index contributed by atoms with van der Waals surface area (Å²) in [7, 11) is 1.88. The van der Waals surface area contributed by atoms with Crippen LogP contribution < -0.4 is 0 Å². The van der Waals surface area contributed by atoms with E-state index in [1.54, 1.807) is 4.68 Å². The van der Waals surface area contributed by atoms with Crippen molar-refractivity contribution in [3.8, 4) is 11.3 Å². The van der Waals surface area contributed by atoms with Gasteiger partial charge in [-0.2, -0.15) is 5.10 Å². The van der Waals surface area contributed by atoms with E-state index in [2.05, 4.69) is 12.0 Å². The maximum atomic E-state index is 13.3. The van der Waals surface area contributed by atoms with Crippen LogP contribution in [-0.2, 0) is 7.05 Å². The molecule has 0 aliphatic carbocycles. The number of aromatic nitrogens is 3. The number of hydrogen-bond donors (Lipinski definition) is 0. The van der Waals surface area contributed by atoms with Crippen molar-refractivity contribution in [2.75, 3.05) is 13.1 Å². The smallest absolute Gasteiger partial charge is 0.254 e. The number of nitrogens with zero attached hydrogens (tertiary/aromatic N) is 4. The van der Waals surface area contributed by atoms with Gasteiger partial charge in [-0.1, -0.05) is 37.3 Å². The molecule has 0 spiro atoms. The second-order valence-electron chi connectivity index (χ2n) is 7.30. The lowest BCUT2D eigenvalue weighted by atomic mass is 9.98. The summed E-state index contributed by atoms with van der Waals surface area (Å²) in [5.74, 6) is 0.786. The third-order valence-electron chi connectivity index (χ3n) is 5.34. The van der Waals surface area contributed by atoms with Gasteiger partial charge in [0, 0.05) is 25.7 Å². The summed E-state index contributed by atoms with van der Waals surface area (Å²) >= 11 is 0. The van der Waals surface area contributed by atoms with E-state index < -0.39 is 0 Å². The molecule has 0 bridgehead atoms. The topological polar surface area (TPSA) is 51.0 Å². The van der Waals surface area contributed by atoms with Gasteiger partial charge in [0.2, 0.25) is 0 Å². The monoisotopic (exact) mass is 348 g/mol. The molecule has 0 atom stereocenters. The van der Waals surface area contributed by atoms with Crippen molar-refractivity contribution in [3.63, 3.8) is 0 Å². The van der Waals surface area contributed by atoms with E-state index in [1.165, 1.54) is 0 Å². The molecule has 4 rings (SSSR count). The predicted molar refractivity (Wildman–Crippen MR) is 103 cm³/mol. The van der Waals surface area contributed by atoms with Crippen LogP contribution in [0.4, 0.5) is 0 Å². The summed E-state index contributed by atoms with van der Waals surface area (Å²) in [5.41, 5.74) is 4.15. The van der Waals surface area contributed by atoms with E-state index >= 15 is 0 Å². The molecule has 3 aromatic rings. The molecule has 1 aliphatic rings. The van der Waals surface area contributed by atoms with E-state index in [4.69, 9.17) is 4.98 Å². The third kappa shape index (κ3) is 2.87. The summed E-state index contributed by atoms with van der Waals surface area (Å²) < 4.78 is 1.77. The Labute approximate surface area is 153 Å². The first-order valence-electron chi connectivity index (χ1n) is 9.23. The van der Waals surface area contributed by atoms with Crippen molar-refractivity contribution in [2.24, 2.45) is 13.0 Å². The molecule has 1 saturated heterocycles. The Morgan fingerprint density at radius 2 is 1.85 bits per heavy atom. The molecule has 0 radical (unpaired) electrons. The van der Waals surface area contributed by atoms with Crippen LogP contribution in [-0.4, -0.2) is 38.7 Å². The van der Waals surface area contributed by atoms with E-state index in [0.29, 0.717) is 11.5 Å². The van der Waals surface area contributed by atoms with Crippen molar-refractivity contribution < 1.29 is 4.79 Å². The summed E-state index contributed by atoms with van der Waals surface area (Å²) in [5, 5.41) is 5.38. The number of carbonyl (C=O) groups excluding carboxylic acids is 1. The number of benzene rings is 1. The van der Waals surface area contributed by atoms with Crippen molar-refractivity contribution in [1.29, 1.82) is 0 Å². The second-order valence-corrected chi connectivity index (χ2v) is 7.30. The molecule has 134 valence electrons. The zero-order valence-corrected chi connectivity index (χ0v) is 15.6. The van der Waals surface area contributed by atoms with Gasteiger partial charge in [-0.25, -0.2) is 4.98 Å². The molecule has 2 aromatic heterocycles. The average Bonchev–Trinajstić information content (AvgIpc) is 2.96. The van der Waals surface area contributed by atoms with Gasteiger partial charge in [0.05, 0.1) is 22.3 Å². The molecular weight excluding hydrogens is 324 g/mol. The number of likely N-dealkylation sites (tertiary alicyclic amines) is 1. The van der Waals surface area contributed by atoms with Crippen molar-refractivity contribution in [1.82, 2.24) is 19.7 Å². The highest BCUT2D eigenvalue weighted by Crippen LogP contribution is 2.28. The van der Waals surface area contributed by atoms with Crippen molar-refractivity contribution in [2.45, 2.75) is 26.7 Å². The van der Waals surface area contributed by atoms with Crippen LogP contribution in [0.3, 0.4) is 0 Å². The molecule has 1 amide bonds. The van der Waals surface area contributed by atoms with E-state index in [-0.39, 0.29) is 5.91 Å². The lowest BCUT2D eigenvalue weighted by Gasteiger charge is -2.30. The summed E-state index contributed by atoms with van der Waals surface area (Å²) in [6, 6.07) is 11.9. The fourth-order valence-electron chi connectivity index (χ4n) is 3.75. The Balaban J connectivity index is 1.85. The summed E-state index contributed by atoms with van der Waals surface area (Å²) in [4.78, 5) is 20.1. The fourth-order valence-corrected chi connectivity index (χ4v) is 3.75. The Morgan fingerprint density at radius 1 is 1.15 bits per heavy atom. The van der Waals surface area contributed by atoms with Gasteiger partial charge in [-0.3, -0.25) is 9.48 Å². The Kier molecular flexibility index (Phi) is 4.23. The Morgan fingerprint density at radius 3 is 2.54 bits per heavy atom. The molecule has 3 heterocycles. The molecular formula is C21H24N4O. The van der Waals surface area contributed by atoms with E-state index in [0.717, 1.165) is 53.9 Å². The summed E-state index contributed by atoms with van der Waals surface area (Å²) in [6.45, 7) is 5.85. The molecule has 1 aliphatic heterocycles. The van der Waals surface area contributed by atoms with Crippen molar-refractivity contribution >= 4 is 16.9 Å². The predicted octanol–water partition coefficient (Wildman–Crippen LogP) is 3.82. The molecule has 5 nitrogen and oxygen atoms in total. The number of aryl methyl sites for hydroxylation is 2. The SMILES string of the molecule is Cc1nn(C)c2nc(-c3ccccc3)cc(C(=O)N3CCC(C)CC3)c12. The van der Waals surface area contributed by atoms with Crippen LogP contribution >= 0.6 is 0 Å². The largest absolute Gasteiger partial charge is 0.339 e. The first-order valence-corrected chi connectivity index (χ1v) is 9.23. The quantitative estimate of drug-likeness (QED) is 0.707. The zero-order valence-electron chi connectivity index (χ0n) is 15.6. The maximum absolute atomic E-state index is 13.3. The lowest BCUT2D eigenvalue weighted by molar-refractivity contribution is 0.0699. The second kappa shape index (κ2) is 6.56. The molecule has 0 N–H and O–H groups in total. The molecule has 0 unspecified atom stereocenters. The van der Waals surface area contributed by atoms with Crippen LogP contribution in [0.5, 0.6) is 0 Å². The highest BCUT2D eigenvalue weighted by atomic mass is 16.2. The number of pyridine rings is 1. The van der Waals surface area contributed by atoms with Gasteiger partial charge < -0.3 is 4.90 Å². The van der Waals surface area contributed by atoms with Crippen LogP contribution in [0.25, 0.3) is 22.3 Å². The lowest BCUT2D eigenvalue weighted by Crippen LogP contribution is -2.38. The minimum absolute atomic E-state index is 0.0950.